The number of ether oxygens (including phenoxy) is 1. The number of benzene rings is 1. The second-order valence-corrected chi connectivity index (χ2v) is 4.65. The lowest BCUT2D eigenvalue weighted by molar-refractivity contribution is -0.111. The van der Waals surface area contributed by atoms with E-state index in [-0.39, 0.29) is 5.91 Å². The molecular weight excluding hydrogens is 266 g/mol. The van der Waals surface area contributed by atoms with Gasteiger partial charge in [0.25, 0.3) is 0 Å². The lowest BCUT2D eigenvalue weighted by atomic mass is 10.2. The zero-order valence-electron chi connectivity index (χ0n) is 12.4. The van der Waals surface area contributed by atoms with Crippen LogP contribution >= 0.6 is 0 Å². The Hall–Kier alpha value is -2.56. The van der Waals surface area contributed by atoms with Crippen molar-refractivity contribution < 1.29 is 9.53 Å². The molecule has 0 bridgehead atoms. The highest BCUT2D eigenvalue weighted by Gasteiger charge is 2.06. The van der Waals surface area contributed by atoms with Crippen molar-refractivity contribution >= 4 is 17.8 Å². The number of aromatic amines is 1. The Morgan fingerprint density at radius 3 is 2.62 bits per heavy atom. The van der Waals surface area contributed by atoms with Gasteiger partial charge in [-0.2, -0.15) is 5.10 Å². The van der Waals surface area contributed by atoms with Gasteiger partial charge in [-0.25, -0.2) is 0 Å². The molecule has 0 aliphatic carbocycles. The van der Waals surface area contributed by atoms with E-state index in [1.807, 2.05) is 45.0 Å². The van der Waals surface area contributed by atoms with Crippen LogP contribution in [0.3, 0.4) is 0 Å². The number of aromatic nitrogens is 2. The molecule has 21 heavy (non-hydrogen) atoms. The summed E-state index contributed by atoms with van der Waals surface area (Å²) in [6, 6.07) is 7.56. The van der Waals surface area contributed by atoms with Gasteiger partial charge in [0, 0.05) is 17.3 Å². The quantitative estimate of drug-likeness (QED) is 0.830. The average Bonchev–Trinajstić information content (AvgIpc) is 2.79. The van der Waals surface area contributed by atoms with Gasteiger partial charge in [0.1, 0.15) is 5.75 Å². The number of hydrogen-bond donors (Lipinski definition) is 2. The van der Waals surface area contributed by atoms with Crippen molar-refractivity contribution in [1.82, 2.24) is 10.2 Å². The highest BCUT2D eigenvalue weighted by Crippen LogP contribution is 2.15. The van der Waals surface area contributed by atoms with Gasteiger partial charge in [-0.3, -0.25) is 9.89 Å². The largest absolute Gasteiger partial charge is 0.494 e. The highest BCUT2D eigenvalue weighted by molar-refractivity contribution is 6.01. The van der Waals surface area contributed by atoms with Crippen LogP contribution in [0.4, 0.5) is 5.82 Å². The van der Waals surface area contributed by atoms with Crippen molar-refractivity contribution in [3.05, 3.63) is 47.2 Å². The number of aryl methyl sites for hydroxylation is 1. The van der Waals surface area contributed by atoms with Crippen molar-refractivity contribution in [2.24, 2.45) is 0 Å². The van der Waals surface area contributed by atoms with Crippen molar-refractivity contribution in [1.29, 1.82) is 0 Å². The number of H-pyrrole nitrogens is 1. The molecule has 0 fully saturated rings. The topological polar surface area (TPSA) is 67.0 Å². The van der Waals surface area contributed by atoms with Crippen LogP contribution < -0.4 is 10.1 Å². The zero-order valence-corrected chi connectivity index (χ0v) is 12.4. The summed E-state index contributed by atoms with van der Waals surface area (Å²) in [6.45, 7) is 6.40. The number of nitrogens with one attached hydrogen (secondary N) is 2. The molecule has 2 N–H and O–H groups in total. The molecule has 110 valence electrons. The van der Waals surface area contributed by atoms with Crippen LogP contribution in [0.5, 0.6) is 5.75 Å². The van der Waals surface area contributed by atoms with E-state index < -0.39 is 0 Å². The molecule has 0 aliphatic rings. The van der Waals surface area contributed by atoms with Gasteiger partial charge in [-0.15, -0.1) is 0 Å². The van der Waals surface area contributed by atoms with Crippen molar-refractivity contribution in [2.75, 3.05) is 11.9 Å². The minimum atomic E-state index is -0.210. The van der Waals surface area contributed by atoms with E-state index in [2.05, 4.69) is 15.5 Å². The van der Waals surface area contributed by atoms with Crippen LogP contribution in [-0.4, -0.2) is 22.7 Å². The fourth-order valence-corrected chi connectivity index (χ4v) is 1.78. The summed E-state index contributed by atoms with van der Waals surface area (Å²) < 4.78 is 5.37. The van der Waals surface area contributed by atoms with E-state index in [1.165, 1.54) is 6.08 Å². The third-order valence-corrected chi connectivity index (χ3v) is 3.11. The fraction of sp³-hybridized carbons (Fsp3) is 0.250. The molecule has 5 nitrogen and oxygen atoms in total. The molecule has 0 radical (unpaired) electrons. The molecule has 0 atom stereocenters. The van der Waals surface area contributed by atoms with E-state index in [4.69, 9.17) is 4.74 Å². The molecule has 0 unspecified atom stereocenters. The minimum Gasteiger partial charge on any atom is -0.494 e. The average molecular weight is 285 g/mol. The van der Waals surface area contributed by atoms with Crippen molar-refractivity contribution in [2.45, 2.75) is 20.8 Å². The summed E-state index contributed by atoms with van der Waals surface area (Å²) in [6.07, 6.45) is 3.24. The maximum atomic E-state index is 11.8. The second-order valence-electron chi connectivity index (χ2n) is 4.65. The molecule has 0 saturated carbocycles. The first-order chi connectivity index (χ1) is 10.1. The maximum Gasteiger partial charge on any atom is 0.249 e. The number of anilines is 1. The maximum absolute atomic E-state index is 11.8. The van der Waals surface area contributed by atoms with Gasteiger partial charge in [-0.1, -0.05) is 12.1 Å². The number of rotatable bonds is 5. The van der Waals surface area contributed by atoms with E-state index in [9.17, 15) is 4.79 Å². The van der Waals surface area contributed by atoms with Gasteiger partial charge < -0.3 is 10.1 Å². The molecular formula is C16H19N3O2. The number of carbonyl (C=O) groups is 1. The fourth-order valence-electron chi connectivity index (χ4n) is 1.78. The summed E-state index contributed by atoms with van der Waals surface area (Å²) in [4.78, 5) is 11.8. The molecule has 2 rings (SSSR count). The predicted octanol–water partition coefficient (Wildman–Crippen LogP) is 3.08. The SMILES string of the molecule is CCOc1ccc(/C=C/C(=O)Nc2n[nH]c(C)c2C)cc1. The minimum absolute atomic E-state index is 0.210. The first kappa shape index (κ1) is 14.8. The van der Waals surface area contributed by atoms with Gasteiger partial charge in [-0.05, 0) is 44.5 Å². The van der Waals surface area contributed by atoms with Crippen LogP contribution in [0.15, 0.2) is 30.3 Å². The number of nitrogens with zero attached hydrogens (tertiary/aromatic N) is 1. The van der Waals surface area contributed by atoms with Crippen LogP contribution in [0.1, 0.15) is 23.7 Å². The molecule has 1 amide bonds. The van der Waals surface area contributed by atoms with Crippen molar-refractivity contribution in [3.63, 3.8) is 0 Å². The van der Waals surface area contributed by atoms with Crippen LogP contribution in [0.25, 0.3) is 6.08 Å². The van der Waals surface area contributed by atoms with Crippen LogP contribution in [0.2, 0.25) is 0 Å². The Bertz CT molecular complexity index is 642. The number of amides is 1. The standard InChI is InChI=1S/C16H19N3O2/c1-4-21-14-8-5-13(6-9-14)7-10-15(20)17-16-11(2)12(3)18-19-16/h5-10H,4H2,1-3H3,(H2,17,18,19,20)/b10-7+. The first-order valence-corrected chi connectivity index (χ1v) is 6.83. The molecule has 1 aromatic carbocycles. The summed E-state index contributed by atoms with van der Waals surface area (Å²) >= 11 is 0. The molecule has 0 saturated heterocycles. The first-order valence-electron chi connectivity index (χ1n) is 6.83. The van der Waals surface area contributed by atoms with Crippen molar-refractivity contribution in [3.8, 4) is 5.75 Å². The van der Waals surface area contributed by atoms with Gasteiger partial charge in [0.15, 0.2) is 5.82 Å². The third kappa shape index (κ3) is 3.95. The summed E-state index contributed by atoms with van der Waals surface area (Å²) in [5.74, 6) is 1.18. The molecule has 1 heterocycles. The molecule has 1 aromatic heterocycles. The van der Waals surface area contributed by atoms with E-state index >= 15 is 0 Å². The number of hydrogen-bond acceptors (Lipinski definition) is 3. The Morgan fingerprint density at radius 2 is 2.05 bits per heavy atom. The van der Waals surface area contributed by atoms with Crippen LogP contribution in [-0.2, 0) is 4.79 Å². The molecule has 2 aromatic rings. The Morgan fingerprint density at radius 1 is 1.33 bits per heavy atom. The smallest absolute Gasteiger partial charge is 0.249 e. The van der Waals surface area contributed by atoms with E-state index in [0.29, 0.717) is 12.4 Å². The summed E-state index contributed by atoms with van der Waals surface area (Å²) in [5.41, 5.74) is 2.82. The summed E-state index contributed by atoms with van der Waals surface area (Å²) in [5, 5.41) is 9.61. The van der Waals surface area contributed by atoms with E-state index in [0.717, 1.165) is 22.6 Å². The highest BCUT2D eigenvalue weighted by atomic mass is 16.5. The Balaban J connectivity index is 1.97. The lowest BCUT2D eigenvalue weighted by Gasteiger charge is -2.02. The van der Waals surface area contributed by atoms with Crippen LogP contribution in [0, 0.1) is 13.8 Å². The third-order valence-electron chi connectivity index (χ3n) is 3.11. The zero-order chi connectivity index (χ0) is 15.2. The predicted molar refractivity (Wildman–Crippen MR) is 83.3 cm³/mol. The van der Waals surface area contributed by atoms with Gasteiger partial charge in [0.05, 0.1) is 6.61 Å². The Kier molecular flexibility index (Phi) is 4.77. The molecule has 0 aliphatic heterocycles. The second kappa shape index (κ2) is 6.74. The Labute approximate surface area is 124 Å². The lowest BCUT2D eigenvalue weighted by Crippen LogP contribution is -2.09. The van der Waals surface area contributed by atoms with Gasteiger partial charge >= 0.3 is 0 Å². The monoisotopic (exact) mass is 285 g/mol. The normalized spacial score (nSPS) is 10.8. The summed E-state index contributed by atoms with van der Waals surface area (Å²) in [7, 11) is 0. The molecule has 0 spiro atoms. The van der Waals surface area contributed by atoms with Gasteiger partial charge in [0.2, 0.25) is 5.91 Å². The molecule has 5 heteroatoms. The van der Waals surface area contributed by atoms with E-state index in [1.54, 1.807) is 6.08 Å². The number of carbonyl (C=O) groups excluding carboxylic acids is 1.